The molecule has 2 aromatic rings. The molecule has 124 valence electrons. The summed E-state index contributed by atoms with van der Waals surface area (Å²) in [4.78, 5) is 27.9. The minimum Gasteiger partial charge on any atom is -0.324 e. The third kappa shape index (κ3) is 3.57. The van der Waals surface area contributed by atoms with Gasteiger partial charge in [0.15, 0.2) is 0 Å². The molecule has 0 aromatic heterocycles. The van der Waals surface area contributed by atoms with Gasteiger partial charge in [-0.2, -0.15) is 0 Å². The molecule has 0 radical (unpaired) electrons. The summed E-state index contributed by atoms with van der Waals surface area (Å²) < 4.78 is 13.5. The van der Waals surface area contributed by atoms with Crippen LogP contribution in [0.3, 0.4) is 0 Å². The molecule has 1 aliphatic heterocycles. The summed E-state index contributed by atoms with van der Waals surface area (Å²) in [6.07, 6.45) is 1.26. The predicted molar refractivity (Wildman–Crippen MR) is 90.5 cm³/mol. The average molecular weight is 347 g/mol. The molecule has 0 unspecified atom stereocenters. The van der Waals surface area contributed by atoms with Crippen LogP contribution in [0.4, 0.5) is 10.1 Å². The molecule has 0 N–H and O–H groups in total. The molecule has 6 heteroatoms. The van der Waals surface area contributed by atoms with Gasteiger partial charge >= 0.3 is 0 Å². The van der Waals surface area contributed by atoms with E-state index in [9.17, 15) is 14.0 Å². The van der Waals surface area contributed by atoms with E-state index in [1.165, 1.54) is 23.1 Å². The van der Waals surface area contributed by atoms with Crippen LogP contribution < -0.4 is 4.90 Å². The summed E-state index contributed by atoms with van der Waals surface area (Å²) in [5.74, 6) is -0.852. The first kappa shape index (κ1) is 16.5. The first-order valence-electron chi connectivity index (χ1n) is 7.65. The predicted octanol–water partition coefficient (Wildman–Crippen LogP) is 3.71. The zero-order valence-electron chi connectivity index (χ0n) is 12.9. The Kier molecular flexibility index (Phi) is 4.81. The standard InChI is InChI=1S/C18H16ClFN2O2/c19-14-5-2-7-16(11-14)22(12-21-9-3-8-17(21)23)18(24)13-4-1-6-15(20)10-13/h1-2,4-7,10-11H,3,8-9,12H2. The van der Waals surface area contributed by atoms with Crippen molar-refractivity contribution in [3.8, 4) is 0 Å². The minimum atomic E-state index is -0.482. The number of carbonyl (C=O) groups excluding carboxylic acids is 2. The van der Waals surface area contributed by atoms with Crippen molar-refractivity contribution in [2.75, 3.05) is 18.1 Å². The summed E-state index contributed by atoms with van der Waals surface area (Å²) in [6.45, 7) is 0.723. The van der Waals surface area contributed by atoms with Crippen molar-refractivity contribution in [1.82, 2.24) is 4.90 Å². The van der Waals surface area contributed by atoms with Gasteiger partial charge < -0.3 is 4.90 Å². The van der Waals surface area contributed by atoms with Gasteiger partial charge in [0.2, 0.25) is 5.91 Å². The minimum absolute atomic E-state index is 0.00840. The SMILES string of the molecule is O=C1CCCN1CN(C(=O)c1cccc(F)c1)c1cccc(Cl)c1. The zero-order chi connectivity index (χ0) is 17.1. The lowest BCUT2D eigenvalue weighted by Gasteiger charge is -2.28. The average Bonchev–Trinajstić information content (AvgIpc) is 2.97. The molecular formula is C18H16ClFN2O2. The van der Waals surface area contributed by atoms with Crippen molar-refractivity contribution in [1.29, 1.82) is 0 Å². The van der Waals surface area contributed by atoms with E-state index < -0.39 is 5.82 Å². The van der Waals surface area contributed by atoms with E-state index in [-0.39, 0.29) is 24.0 Å². The molecular weight excluding hydrogens is 331 g/mol. The molecule has 24 heavy (non-hydrogen) atoms. The zero-order valence-corrected chi connectivity index (χ0v) is 13.7. The molecule has 1 aliphatic rings. The fourth-order valence-electron chi connectivity index (χ4n) is 2.71. The Balaban J connectivity index is 1.94. The van der Waals surface area contributed by atoms with Crippen molar-refractivity contribution in [2.24, 2.45) is 0 Å². The van der Waals surface area contributed by atoms with E-state index in [1.54, 1.807) is 35.2 Å². The number of nitrogens with zero attached hydrogens (tertiary/aromatic N) is 2. The van der Waals surface area contributed by atoms with E-state index in [0.717, 1.165) is 6.42 Å². The maximum absolute atomic E-state index is 13.5. The second-order valence-corrected chi connectivity index (χ2v) is 6.06. The fraction of sp³-hybridized carbons (Fsp3) is 0.222. The molecule has 4 nitrogen and oxygen atoms in total. The van der Waals surface area contributed by atoms with Crippen molar-refractivity contribution in [3.05, 3.63) is 64.9 Å². The Bertz CT molecular complexity index is 781. The van der Waals surface area contributed by atoms with Crippen LogP contribution in [0.15, 0.2) is 48.5 Å². The maximum atomic E-state index is 13.5. The number of hydrogen-bond acceptors (Lipinski definition) is 2. The number of hydrogen-bond donors (Lipinski definition) is 0. The number of halogens is 2. The topological polar surface area (TPSA) is 40.6 Å². The fourth-order valence-corrected chi connectivity index (χ4v) is 2.89. The van der Waals surface area contributed by atoms with Gasteiger partial charge in [0.05, 0.1) is 0 Å². The molecule has 0 bridgehead atoms. The maximum Gasteiger partial charge on any atom is 0.259 e. The van der Waals surface area contributed by atoms with Crippen molar-refractivity contribution >= 4 is 29.1 Å². The lowest BCUT2D eigenvalue weighted by Crippen LogP contribution is -2.42. The highest BCUT2D eigenvalue weighted by Gasteiger charge is 2.26. The van der Waals surface area contributed by atoms with Crippen LogP contribution in [0, 0.1) is 5.82 Å². The Morgan fingerprint density at radius 1 is 1.21 bits per heavy atom. The number of benzene rings is 2. The van der Waals surface area contributed by atoms with Crippen LogP contribution in [-0.2, 0) is 4.79 Å². The van der Waals surface area contributed by atoms with E-state index in [0.29, 0.717) is 23.7 Å². The van der Waals surface area contributed by atoms with Gasteiger partial charge in [0.1, 0.15) is 12.5 Å². The van der Waals surface area contributed by atoms with Gasteiger partial charge in [-0.1, -0.05) is 23.7 Å². The Hall–Kier alpha value is -2.40. The summed E-state index contributed by atoms with van der Waals surface area (Å²) >= 11 is 6.03. The van der Waals surface area contributed by atoms with E-state index in [4.69, 9.17) is 11.6 Å². The smallest absolute Gasteiger partial charge is 0.259 e. The van der Waals surface area contributed by atoms with Crippen LogP contribution in [0.5, 0.6) is 0 Å². The summed E-state index contributed by atoms with van der Waals surface area (Å²) in [6, 6.07) is 12.3. The van der Waals surface area contributed by atoms with Gasteiger partial charge in [0.25, 0.3) is 5.91 Å². The lowest BCUT2D eigenvalue weighted by molar-refractivity contribution is -0.127. The van der Waals surface area contributed by atoms with E-state index in [1.807, 2.05) is 0 Å². The number of carbonyl (C=O) groups is 2. The number of rotatable bonds is 4. The molecule has 2 aromatic carbocycles. The Labute approximate surface area is 144 Å². The highest BCUT2D eigenvalue weighted by Crippen LogP contribution is 2.23. The van der Waals surface area contributed by atoms with Crippen LogP contribution >= 0.6 is 11.6 Å². The second-order valence-electron chi connectivity index (χ2n) is 5.63. The van der Waals surface area contributed by atoms with Crippen LogP contribution in [-0.4, -0.2) is 29.9 Å². The second kappa shape index (κ2) is 7.01. The monoisotopic (exact) mass is 346 g/mol. The first-order valence-corrected chi connectivity index (χ1v) is 8.03. The van der Waals surface area contributed by atoms with Crippen LogP contribution in [0.25, 0.3) is 0 Å². The van der Waals surface area contributed by atoms with Gasteiger partial charge in [-0.25, -0.2) is 4.39 Å². The number of anilines is 1. The molecule has 1 saturated heterocycles. The van der Waals surface area contributed by atoms with Crippen molar-refractivity contribution in [2.45, 2.75) is 12.8 Å². The van der Waals surface area contributed by atoms with Crippen LogP contribution in [0.1, 0.15) is 23.2 Å². The van der Waals surface area contributed by atoms with Crippen molar-refractivity contribution in [3.63, 3.8) is 0 Å². The molecule has 0 atom stereocenters. The largest absolute Gasteiger partial charge is 0.324 e. The molecule has 1 heterocycles. The normalized spacial score (nSPS) is 14.1. The van der Waals surface area contributed by atoms with Gasteiger partial charge in [-0.05, 0) is 42.8 Å². The Morgan fingerprint density at radius 2 is 2.00 bits per heavy atom. The van der Waals surface area contributed by atoms with E-state index in [2.05, 4.69) is 0 Å². The molecule has 0 aliphatic carbocycles. The Morgan fingerprint density at radius 3 is 2.67 bits per heavy atom. The quantitative estimate of drug-likeness (QED) is 0.846. The summed E-state index contributed by atoms with van der Waals surface area (Å²) in [5.41, 5.74) is 0.790. The third-order valence-electron chi connectivity index (χ3n) is 3.92. The molecule has 0 spiro atoms. The number of likely N-dealkylation sites (tertiary alicyclic amines) is 1. The van der Waals surface area contributed by atoms with Gasteiger partial charge in [0, 0.05) is 29.2 Å². The highest BCUT2D eigenvalue weighted by atomic mass is 35.5. The summed E-state index contributed by atoms with van der Waals surface area (Å²) in [7, 11) is 0. The first-order chi connectivity index (χ1) is 11.5. The lowest BCUT2D eigenvalue weighted by atomic mass is 10.2. The highest BCUT2D eigenvalue weighted by molar-refractivity contribution is 6.31. The number of amides is 2. The van der Waals surface area contributed by atoms with Crippen molar-refractivity contribution < 1.29 is 14.0 Å². The third-order valence-corrected chi connectivity index (χ3v) is 4.16. The van der Waals surface area contributed by atoms with Crippen LogP contribution in [0.2, 0.25) is 5.02 Å². The van der Waals surface area contributed by atoms with E-state index >= 15 is 0 Å². The molecule has 1 fully saturated rings. The van der Waals surface area contributed by atoms with Gasteiger partial charge in [-0.3, -0.25) is 14.5 Å². The summed E-state index contributed by atoms with van der Waals surface area (Å²) in [5, 5.41) is 0.484. The van der Waals surface area contributed by atoms with Gasteiger partial charge in [-0.15, -0.1) is 0 Å². The molecule has 0 saturated carbocycles. The molecule has 2 amide bonds. The molecule has 3 rings (SSSR count).